The smallest absolute Gasteiger partial charge is 0.335 e. The van der Waals surface area contributed by atoms with Crippen LogP contribution in [0.3, 0.4) is 0 Å². The number of nitrogens with zero attached hydrogens (tertiary/aromatic N) is 3. The van der Waals surface area contributed by atoms with Gasteiger partial charge >= 0.3 is 5.97 Å². The molecule has 3 rings (SSSR count). The third-order valence-electron chi connectivity index (χ3n) is 5.58. The number of carboxylic acid groups (broad SMARTS) is 1. The van der Waals surface area contributed by atoms with Gasteiger partial charge < -0.3 is 19.8 Å². The summed E-state index contributed by atoms with van der Waals surface area (Å²) in [7, 11) is 2.16. The second-order valence-electron chi connectivity index (χ2n) is 7.53. The Kier molecular flexibility index (Phi) is 6.14. The van der Waals surface area contributed by atoms with E-state index in [0.717, 1.165) is 31.7 Å². The Balaban J connectivity index is 1.46. The highest BCUT2D eigenvalue weighted by atomic mass is 16.4. The summed E-state index contributed by atoms with van der Waals surface area (Å²) in [6.45, 7) is 5.21. The van der Waals surface area contributed by atoms with E-state index < -0.39 is 5.97 Å². The summed E-state index contributed by atoms with van der Waals surface area (Å²) in [5.41, 5.74) is 1.22. The van der Waals surface area contributed by atoms with Crippen LogP contribution in [0, 0.1) is 5.92 Å². The highest BCUT2D eigenvalue weighted by molar-refractivity contribution is 5.88. The second kappa shape index (κ2) is 8.54. The molecule has 142 valence electrons. The van der Waals surface area contributed by atoms with Crippen molar-refractivity contribution >= 4 is 17.6 Å². The van der Waals surface area contributed by atoms with Gasteiger partial charge in [0.25, 0.3) is 0 Å². The van der Waals surface area contributed by atoms with Gasteiger partial charge in [-0.05, 0) is 57.0 Å². The number of likely N-dealkylation sites (tertiary alicyclic amines) is 1. The third kappa shape index (κ3) is 4.75. The van der Waals surface area contributed by atoms with Crippen LogP contribution in [-0.4, -0.2) is 73.1 Å². The maximum atomic E-state index is 12.5. The molecule has 1 aromatic carbocycles. The lowest BCUT2D eigenvalue weighted by atomic mass is 9.93. The molecule has 0 aliphatic carbocycles. The van der Waals surface area contributed by atoms with Gasteiger partial charge in [0, 0.05) is 44.8 Å². The Morgan fingerprint density at radius 3 is 2.62 bits per heavy atom. The van der Waals surface area contributed by atoms with Crippen molar-refractivity contribution in [3.05, 3.63) is 29.8 Å². The lowest BCUT2D eigenvalue weighted by Crippen LogP contribution is -2.49. The van der Waals surface area contributed by atoms with E-state index in [1.54, 1.807) is 18.2 Å². The van der Waals surface area contributed by atoms with E-state index in [2.05, 4.69) is 16.8 Å². The molecular weight excluding hydrogens is 330 g/mol. The molecule has 0 saturated carbocycles. The first-order chi connectivity index (χ1) is 12.5. The van der Waals surface area contributed by atoms with Crippen molar-refractivity contribution in [3.63, 3.8) is 0 Å². The number of hydrogen-bond donors (Lipinski definition) is 1. The molecule has 2 aliphatic rings. The number of carboxylic acids is 1. The first-order valence-corrected chi connectivity index (χ1v) is 9.57. The molecule has 0 radical (unpaired) electrons. The summed E-state index contributed by atoms with van der Waals surface area (Å²) in [5.74, 6) is 0.00364. The molecule has 1 aromatic rings. The summed E-state index contributed by atoms with van der Waals surface area (Å²) >= 11 is 0. The lowest BCUT2D eigenvalue weighted by Gasteiger charge is -2.36. The first-order valence-electron chi connectivity index (χ1n) is 9.57. The number of rotatable bonds is 5. The summed E-state index contributed by atoms with van der Waals surface area (Å²) in [5, 5.41) is 9.13. The molecule has 6 heteroatoms. The molecule has 1 unspecified atom stereocenters. The van der Waals surface area contributed by atoms with Crippen molar-refractivity contribution in [3.8, 4) is 0 Å². The molecule has 2 fully saturated rings. The number of aromatic carboxylic acids is 1. The molecule has 2 aliphatic heterocycles. The highest BCUT2D eigenvalue weighted by Crippen LogP contribution is 2.22. The van der Waals surface area contributed by atoms with Crippen LogP contribution in [0.2, 0.25) is 0 Å². The van der Waals surface area contributed by atoms with E-state index in [1.165, 1.54) is 19.4 Å². The van der Waals surface area contributed by atoms with Crippen LogP contribution in [-0.2, 0) is 4.79 Å². The van der Waals surface area contributed by atoms with Crippen LogP contribution in [0.5, 0.6) is 0 Å². The molecule has 26 heavy (non-hydrogen) atoms. The van der Waals surface area contributed by atoms with Gasteiger partial charge in [-0.1, -0.05) is 6.07 Å². The van der Waals surface area contributed by atoms with Crippen molar-refractivity contribution in [2.24, 2.45) is 5.92 Å². The number of piperidine rings is 1. The molecule has 0 aromatic heterocycles. The molecule has 1 atom stereocenters. The summed E-state index contributed by atoms with van der Waals surface area (Å²) in [6.07, 6.45) is 4.12. The van der Waals surface area contributed by atoms with Crippen molar-refractivity contribution in [2.45, 2.75) is 25.7 Å². The predicted octanol–water partition coefficient (Wildman–Crippen LogP) is 2.16. The minimum atomic E-state index is -0.908. The summed E-state index contributed by atoms with van der Waals surface area (Å²) in [6, 6.07) is 7.02. The Labute approximate surface area is 155 Å². The maximum absolute atomic E-state index is 12.5. The van der Waals surface area contributed by atoms with Crippen molar-refractivity contribution in [1.82, 2.24) is 9.80 Å². The zero-order chi connectivity index (χ0) is 18.5. The van der Waals surface area contributed by atoms with E-state index in [0.29, 0.717) is 31.0 Å². The Morgan fingerprint density at radius 1 is 1.15 bits per heavy atom. The topological polar surface area (TPSA) is 64.1 Å². The molecule has 1 amide bonds. The number of carbonyl (C=O) groups excluding carboxylic acids is 1. The molecule has 6 nitrogen and oxygen atoms in total. The zero-order valence-corrected chi connectivity index (χ0v) is 15.6. The predicted molar refractivity (Wildman–Crippen MR) is 102 cm³/mol. The van der Waals surface area contributed by atoms with Crippen LogP contribution in [0.15, 0.2) is 24.3 Å². The van der Waals surface area contributed by atoms with Crippen LogP contribution < -0.4 is 4.90 Å². The van der Waals surface area contributed by atoms with Gasteiger partial charge in [-0.2, -0.15) is 0 Å². The molecule has 2 heterocycles. The summed E-state index contributed by atoms with van der Waals surface area (Å²) < 4.78 is 0. The van der Waals surface area contributed by atoms with E-state index in [1.807, 2.05) is 11.0 Å². The van der Waals surface area contributed by atoms with Crippen LogP contribution in [0.1, 0.15) is 36.0 Å². The average molecular weight is 359 g/mol. The fourth-order valence-corrected chi connectivity index (χ4v) is 4.04. The Morgan fingerprint density at radius 2 is 1.92 bits per heavy atom. The number of piperazine rings is 1. The number of anilines is 1. The minimum Gasteiger partial charge on any atom is -0.478 e. The van der Waals surface area contributed by atoms with Crippen LogP contribution in [0.4, 0.5) is 5.69 Å². The fourth-order valence-electron chi connectivity index (χ4n) is 4.04. The van der Waals surface area contributed by atoms with Crippen molar-refractivity contribution in [2.75, 3.05) is 51.2 Å². The van der Waals surface area contributed by atoms with Gasteiger partial charge in [0.2, 0.25) is 5.91 Å². The number of benzene rings is 1. The fraction of sp³-hybridized carbons (Fsp3) is 0.600. The second-order valence-corrected chi connectivity index (χ2v) is 7.53. The maximum Gasteiger partial charge on any atom is 0.335 e. The average Bonchev–Trinajstić information content (AvgIpc) is 2.66. The first kappa shape index (κ1) is 18.7. The zero-order valence-electron chi connectivity index (χ0n) is 15.6. The van der Waals surface area contributed by atoms with E-state index in [-0.39, 0.29) is 5.91 Å². The van der Waals surface area contributed by atoms with E-state index >= 15 is 0 Å². The highest BCUT2D eigenvalue weighted by Gasteiger charge is 2.23. The van der Waals surface area contributed by atoms with Gasteiger partial charge in [0.1, 0.15) is 0 Å². The van der Waals surface area contributed by atoms with Crippen LogP contribution in [0.25, 0.3) is 0 Å². The normalized spacial score (nSPS) is 21.7. The molecular formula is C20H29N3O3. The van der Waals surface area contributed by atoms with Gasteiger partial charge in [-0.25, -0.2) is 4.79 Å². The van der Waals surface area contributed by atoms with Crippen molar-refractivity contribution in [1.29, 1.82) is 0 Å². The van der Waals surface area contributed by atoms with E-state index in [4.69, 9.17) is 5.11 Å². The number of hydrogen-bond acceptors (Lipinski definition) is 4. The van der Waals surface area contributed by atoms with Gasteiger partial charge in [0.05, 0.1) is 5.56 Å². The van der Waals surface area contributed by atoms with Gasteiger partial charge in [-0.15, -0.1) is 0 Å². The molecule has 2 saturated heterocycles. The Hall–Kier alpha value is -2.08. The molecule has 0 spiro atoms. The minimum absolute atomic E-state index is 0.261. The number of carbonyl (C=O) groups is 2. The quantitative estimate of drug-likeness (QED) is 0.873. The standard InChI is InChI=1S/C20H29N3O3/c1-21-9-3-4-16(15-21)7-8-19(24)23-12-10-22(11-13-23)18-6-2-5-17(14-18)20(25)26/h2,5-6,14,16H,3-4,7-13,15H2,1H3,(H,25,26). The molecule has 0 bridgehead atoms. The van der Waals surface area contributed by atoms with Crippen LogP contribution >= 0.6 is 0 Å². The SMILES string of the molecule is CN1CCCC(CCC(=O)N2CCN(c3cccc(C(=O)O)c3)CC2)C1. The monoisotopic (exact) mass is 359 g/mol. The third-order valence-corrected chi connectivity index (χ3v) is 5.58. The lowest BCUT2D eigenvalue weighted by molar-refractivity contribution is -0.131. The van der Waals surface area contributed by atoms with Gasteiger partial charge in [-0.3, -0.25) is 4.79 Å². The summed E-state index contributed by atoms with van der Waals surface area (Å²) in [4.78, 5) is 30.1. The number of amides is 1. The van der Waals surface area contributed by atoms with Crippen molar-refractivity contribution < 1.29 is 14.7 Å². The largest absolute Gasteiger partial charge is 0.478 e. The Bertz CT molecular complexity index is 641. The van der Waals surface area contributed by atoms with E-state index in [9.17, 15) is 9.59 Å². The van der Waals surface area contributed by atoms with Gasteiger partial charge in [0.15, 0.2) is 0 Å². The molecule has 1 N–H and O–H groups in total.